The molecule has 2 atom stereocenters. The summed E-state index contributed by atoms with van der Waals surface area (Å²) in [6, 6.07) is 16.3. The maximum absolute atomic E-state index is 11.7. The largest absolute Gasteiger partial charge is 0.468 e. The summed E-state index contributed by atoms with van der Waals surface area (Å²) in [6.07, 6.45) is 0.550. The molecule has 0 aromatic heterocycles. The first kappa shape index (κ1) is 11.7. The Kier molecular flexibility index (Phi) is 2.53. The molecular formula is C16H13NO2. The summed E-state index contributed by atoms with van der Waals surface area (Å²) in [6.45, 7) is 0. The maximum atomic E-state index is 11.7. The molecule has 3 heteroatoms. The van der Waals surface area contributed by atoms with Crippen molar-refractivity contribution in [2.75, 3.05) is 7.11 Å². The third-order valence-corrected chi connectivity index (χ3v) is 3.89. The molecule has 1 aliphatic carbocycles. The summed E-state index contributed by atoms with van der Waals surface area (Å²) in [5.41, 5.74) is 0.0580. The van der Waals surface area contributed by atoms with Crippen molar-refractivity contribution in [3.8, 4) is 6.07 Å². The van der Waals surface area contributed by atoms with Gasteiger partial charge in [0.2, 0.25) is 0 Å². The van der Waals surface area contributed by atoms with E-state index in [1.807, 2.05) is 36.4 Å². The molecule has 1 saturated carbocycles. The summed E-state index contributed by atoms with van der Waals surface area (Å²) in [5, 5.41) is 11.5. The number of ether oxygens (including phenoxy) is 1. The van der Waals surface area contributed by atoms with E-state index >= 15 is 0 Å². The van der Waals surface area contributed by atoms with Gasteiger partial charge in [-0.25, -0.2) is 0 Å². The molecule has 1 aliphatic rings. The number of methoxy groups -OCH3 is 1. The zero-order valence-electron chi connectivity index (χ0n) is 10.6. The van der Waals surface area contributed by atoms with Gasteiger partial charge in [0.25, 0.3) is 0 Å². The van der Waals surface area contributed by atoms with E-state index in [9.17, 15) is 10.1 Å². The van der Waals surface area contributed by atoms with E-state index in [4.69, 9.17) is 4.74 Å². The summed E-state index contributed by atoms with van der Waals surface area (Å²) < 4.78 is 4.75. The molecule has 2 aromatic rings. The predicted octanol–water partition coefficient (Wildman–Crippen LogP) is 3.01. The average Bonchev–Trinajstić information content (AvgIpc) is 3.22. The molecule has 3 rings (SSSR count). The minimum atomic E-state index is -0.975. The Balaban J connectivity index is 1.99. The highest BCUT2D eigenvalue weighted by Gasteiger charge is 2.62. The van der Waals surface area contributed by atoms with E-state index in [-0.39, 0.29) is 5.92 Å². The van der Waals surface area contributed by atoms with Crippen LogP contribution in [0.25, 0.3) is 10.8 Å². The fourth-order valence-corrected chi connectivity index (χ4v) is 2.67. The molecule has 0 unspecified atom stereocenters. The van der Waals surface area contributed by atoms with E-state index in [0.717, 1.165) is 16.3 Å². The third-order valence-electron chi connectivity index (χ3n) is 3.89. The first-order chi connectivity index (χ1) is 9.21. The number of carbonyl (C=O) groups is 1. The van der Waals surface area contributed by atoms with Gasteiger partial charge >= 0.3 is 5.97 Å². The summed E-state index contributed by atoms with van der Waals surface area (Å²) in [7, 11) is 1.33. The number of rotatable bonds is 2. The van der Waals surface area contributed by atoms with Crippen molar-refractivity contribution in [1.82, 2.24) is 0 Å². The molecule has 0 aliphatic heterocycles. The number of esters is 1. The minimum Gasteiger partial charge on any atom is -0.468 e. The lowest BCUT2D eigenvalue weighted by molar-refractivity contribution is -0.144. The molecule has 0 spiro atoms. The van der Waals surface area contributed by atoms with Crippen LogP contribution in [0.3, 0.4) is 0 Å². The number of carbonyl (C=O) groups excluding carboxylic acids is 1. The first-order valence-corrected chi connectivity index (χ1v) is 6.19. The van der Waals surface area contributed by atoms with Crippen molar-refractivity contribution in [2.24, 2.45) is 5.41 Å². The number of fused-ring (bicyclic) bond motifs is 1. The SMILES string of the molecule is COC(=O)[C@@]1(C#N)C[C@@H]1c1ccc2ccccc2c1. The van der Waals surface area contributed by atoms with Crippen LogP contribution in [0.4, 0.5) is 0 Å². The molecule has 3 nitrogen and oxygen atoms in total. The van der Waals surface area contributed by atoms with Gasteiger partial charge in [-0.05, 0) is 22.8 Å². The Labute approximate surface area is 111 Å². The quantitative estimate of drug-likeness (QED) is 0.771. The molecule has 2 aromatic carbocycles. The van der Waals surface area contributed by atoms with Gasteiger partial charge in [-0.1, -0.05) is 42.5 Å². The van der Waals surface area contributed by atoms with Crippen LogP contribution in [0, 0.1) is 16.7 Å². The molecule has 0 amide bonds. The minimum absolute atomic E-state index is 0.0467. The highest BCUT2D eigenvalue weighted by atomic mass is 16.5. The second-order valence-electron chi connectivity index (χ2n) is 4.94. The van der Waals surface area contributed by atoms with Crippen molar-refractivity contribution in [3.63, 3.8) is 0 Å². The molecule has 0 heterocycles. The fraction of sp³-hybridized carbons (Fsp3) is 0.250. The molecule has 0 bridgehead atoms. The molecule has 0 saturated heterocycles. The zero-order valence-corrected chi connectivity index (χ0v) is 10.6. The summed E-state index contributed by atoms with van der Waals surface area (Å²) in [4.78, 5) is 11.7. The number of nitriles is 1. The second kappa shape index (κ2) is 4.10. The van der Waals surface area contributed by atoms with Crippen LogP contribution in [-0.2, 0) is 9.53 Å². The van der Waals surface area contributed by atoms with E-state index in [1.54, 1.807) is 0 Å². The second-order valence-corrected chi connectivity index (χ2v) is 4.94. The van der Waals surface area contributed by atoms with Gasteiger partial charge in [-0.15, -0.1) is 0 Å². The van der Waals surface area contributed by atoms with Crippen molar-refractivity contribution in [3.05, 3.63) is 48.0 Å². The Hall–Kier alpha value is -2.34. The molecule has 19 heavy (non-hydrogen) atoms. The van der Waals surface area contributed by atoms with Crippen LogP contribution < -0.4 is 0 Å². The highest BCUT2D eigenvalue weighted by molar-refractivity contribution is 5.87. The van der Waals surface area contributed by atoms with Gasteiger partial charge in [0.05, 0.1) is 13.2 Å². The number of benzene rings is 2. The molecule has 0 radical (unpaired) electrons. The van der Waals surface area contributed by atoms with Crippen LogP contribution >= 0.6 is 0 Å². The first-order valence-electron chi connectivity index (χ1n) is 6.19. The standard InChI is InChI=1S/C16H13NO2/c1-19-15(18)16(10-17)9-14(16)13-7-6-11-4-2-3-5-12(11)8-13/h2-8,14H,9H2,1H3/t14-,16-/m1/s1. The molecule has 94 valence electrons. The van der Waals surface area contributed by atoms with E-state index in [0.29, 0.717) is 6.42 Å². The van der Waals surface area contributed by atoms with E-state index in [2.05, 4.69) is 12.1 Å². The fourth-order valence-electron chi connectivity index (χ4n) is 2.67. The van der Waals surface area contributed by atoms with Gasteiger partial charge in [0.1, 0.15) is 0 Å². The summed E-state index contributed by atoms with van der Waals surface area (Å²) in [5.74, 6) is -0.470. The van der Waals surface area contributed by atoms with Crippen LogP contribution in [0.1, 0.15) is 17.9 Å². The van der Waals surface area contributed by atoms with Crippen LogP contribution in [-0.4, -0.2) is 13.1 Å². The number of hydrogen-bond acceptors (Lipinski definition) is 3. The Bertz CT molecular complexity index is 701. The van der Waals surface area contributed by atoms with E-state index in [1.165, 1.54) is 7.11 Å². The normalized spacial score (nSPS) is 24.7. The summed E-state index contributed by atoms with van der Waals surface area (Å²) >= 11 is 0. The number of nitrogens with zero attached hydrogens (tertiary/aromatic N) is 1. The number of hydrogen-bond donors (Lipinski definition) is 0. The van der Waals surface area contributed by atoms with Crippen molar-refractivity contribution < 1.29 is 9.53 Å². The topological polar surface area (TPSA) is 50.1 Å². The highest BCUT2D eigenvalue weighted by Crippen LogP contribution is 2.59. The third kappa shape index (κ3) is 1.68. The van der Waals surface area contributed by atoms with Crippen molar-refractivity contribution in [2.45, 2.75) is 12.3 Å². The smallest absolute Gasteiger partial charge is 0.326 e. The molecule has 0 N–H and O–H groups in total. The van der Waals surface area contributed by atoms with Crippen LogP contribution in [0.2, 0.25) is 0 Å². The van der Waals surface area contributed by atoms with E-state index < -0.39 is 11.4 Å². The van der Waals surface area contributed by atoms with Crippen LogP contribution in [0.5, 0.6) is 0 Å². The van der Waals surface area contributed by atoms with Crippen molar-refractivity contribution >= 4 is 16.7 Å². The maximum Gasteiger partial charge on any atom is 0.326 e. The van der Waals surface area contributed by atoms with Crippen molar-refractivity contribution in [1.29, 1.82) is 5.26 Å². The molecule has 1 fully saturated rings. The van der Waals surface area contributed by atoms with Crippen LogP contribution in [0.15, 0.2) is 42.5 Å². The van der Waals surface area contributed by atoms with Gasteiger partial charge < -0.3 is 4.74 Å². The lowest BCUT2D eigenvalue weighted by Gasteiger charge is -2.07. The monoisotopic (exact) mass is 251 g/mol. The Morgan fingerprint density at radius 2 is 2.05 bits per heavy atom. The lowest BCUT2D eigenvalue weighted by atomic mass is 9.98. The Morgan fingerprint density at radius 1 is 1.32 bits per heavy atom. The van der Waals surface area contributed by atoms with Gasteiger partial charge in [-0.3, -0.25) is 4.79 Å². The van der Waals surface area contributed by atoms with Gasteiger partial charge in [0, 0.05) is 5.92 Å². The lowest BCUT2D eigenvalue weighted by Crippen LogP contribution is -2.17. The molecular weight excluding hydrogens is 238 g/mol. The van der Waals surface area contributed by atoms with Gasteiger partial charge in [0.15, 0.2) is 5.41 Å². The zero-order chi connectivity index (χ0) is 13.5. The Morgan fingerprint density at radius 3 is 2.74 bits per heavy atom. The van der Waals surface area contributed by atoms with Gasteiger partial charge in [-0.2, -0.15) is 5.26 Å². The predicted molar refractivity (Wildman–Crippen MR) is 71.4 cm³/mol. The average molecular weight is 251 g/mol.